The lowest BCUT2D eigenvalue weighted by Gasteiger charge is -2.31. The zero-order valence-corrected chi connectivity index (χ0v) is 16.0. The Labute approximate surface area is 149 Å². The van der Waals surface area contributed by atoms with Gasteiger partial charge in [-0.15, -0.1) is 0 Å². The van der Waals surface area contributed by atoms with Crippen LogP contribution in [-0.2, 0) is 4.74 Å². The monoisotopic (exact) mass is 355 g/mol. The van der Waals surface area contributed by atoms with E-state index in [0.717, 1.165) is 0 Å². The molecule has 1 aromatic carbocycles. The van der Waals surface area contributed by atoms with E-state index in [2.05, 4.69) is 5.32 Å². The molecule has 0 fully saturated rings. The molecular weight excluding hydrogens is 325 g/mol. The Hall–Kier alpha value is -1.61. The van der Waals surface area contributed by atoms with Crippen molar-refractivity contribution in [1.29, 1.82) is 0 Å². The van der Waals surface area contributed by atoms with E-state index < -0.39 is 30.0 Å². The first-order chi connectivity index (χ1) is 11.0. The minimum atomic E-state index is -1.51. The molecule has 0 bridgehead atoms. The molecule has 7 nitrogen and oxygen atoms in total. The fourth-order valence-electron chi connectivity index (χ4n) is 1.16. The molecule has 0 aliphatic heterocycles. The summed E-state index contributed by atoms with van der Waals surface area (Å²) in [7, 11) is -1.51. The van der Waals surface area contributed by atoms with Crippen LogP contribution in [0, 0.1) is 0 Å². The van der Waals surface area contributed by atoms with Crippen LogP contribution >= 0.6 is 0 Å². The Bertz CT molecular complexity index is 526. The third-order valence-corrected chi connectivity index (χ3v) is 3.35. The third-order valence-electron chi connectivity index (χ3n) is 3.35. The fourth-order valence-corrected chi connectivity index (χ4v) is 1.16. The summed E-state index contributed by atoms with van der Waals surface area (Å²) in [6.07, 6.45) is -0.546. The molecule has 5 N–H and O–H groups in total. The molecule has 1 amide bonds. The molecule has 0 aromatic heterocycles. The van der Waals surface area contributed by atoms with Gasteiger partial charge in [0.1, 0.15) is 5.60 Å². The molecule has 25 heavy (non-hydrogen) atoms. The van der Waals surface area contributed by atoms with Gasteiger partial charge < -0.3 is 25.0 Å². The molecule has 0 aliphatic carbocycles. The molecule has 142 valence electrons. The van der Waals surface area contributed by atoms with Crippen LogP contribution in [0.25, 0.3) is 0 Å². The van der Waals surface area contributed by atoms with E-state index in [4.69, 9.17) is 25.0 Å². The number of hydrogen-bond acceptors (Lipinski definition) is 6. The summed E-state index contributed by atoms with van der Waals surface area (Å²) in [6.45, 7) is 11.6. The van der Waals surface area contributed by atoms with Crippen LogP contribution < -0.4 is 10.8 Å². The molecule has 1 aromatic rings. The summed E-state index contributed by atoms with van der Waals surface area (Å²) in [5.74, 6) is 0. The van der Waals surface area contributed by atoms with Gasteiger partial charge in [-0.05, 0) is 66.1 Å². The van der Waals surface area contributed by atoms with Gasteiger partial charge in [0.15, 0.2) is 0 Å². The quantitative estimate of drug-likeness (QED) is 0.521. The van der Waals surface area contributed by atoms with Gasteiger partial charge in [0.05, 0.1) is 11.2 Å². The highest BCUT2D eigenvalue weighted by Crippen LogP contribution is 2.19. The van der Waals surface area contributed by atoms with Gasteiger partial charge in [0.25, 0.3) is 0 Å². The van der Waals surface area contributed by atoms with Crippen LogP contribution in [-0.4, -0.2) is 50.3 Å². The number of benzene rings is 1. The lowest BCUT2D eigenvalue weighted by Crippen LogP contribution is -2.44. The number of carbonyl (C=O) groups is 1. The Balaban J connectivity index is 0.000000609. The summed E-state index contributed by atoms with van der Waals surface area (Å²) in [4.78, 5) is 11.4. The third kappa shape index (κ3) is 10.1. The van der Waals surface area contributed by atoms with Crippen molar-refractivity contribution in [2.45, 2.75) is 65.3 Å². The van der Waals surface area contributed by atoms with Crippen LogP contribution in [0.15, 0.2) is 24.3 Å². The topological polar surface area (TPSA) is 119 Å². The first-order valence-electron chi connectivity index (χ1n) is 7.94. The SMILES string of the molecule is CC(C)(C)OC(=O)Nc1ccc(B(O)O)cc1.CC(C)(O)C(C)(C)O. The van der Waals surface area contributed by atoms with Crippen molar-refractivity contribution in [3.05, 3.63) is 24.3 Å². The van der Waals surface area contributed by atoms with Gasteiger partial charge in [0.2, 0.25) is 0 Å². The maximum atomic E-state index is 11.4. The molecule has 0 saturated carbocycles. The predicted molar refractivity (Wildman–Crippen MR) is 98.7 cm³/mol. The first kappa shape index (κ1) is 23.4. The molecule has 0 radical (unpaired) electrons. The predicted octanol–water partition coefficient (Wildman–Crippen LogP) is 1.24. The van der Waals surface area contributed by atoms with Crippen LogP contribution in [0.1, 0.15) is 48.5 Å². The van der Waals surface area contributed by atoms with Crippen molar-refractivity contribution in [3.63, 3.8) is 0 Å². The average molecular weight is 355 g/mol. The van der Waals surface area contributed by atoms with Crippen molar-refractivity contribution in [2.75, 3.05) is 5.32 Å². The van der Waals surface area contributed by atoms with Crippen molar-refractivity contribution >= 4 is 24.4 Å². The Morgan fingerprint density at radius 3 is 1.60 bits per heavy atom. The molecule has 0 saturated heterocycles. The maximum Gasteiger partial charge on any atom is 0.488 e. The van der Waals surface area contributed by atoms with Crippen molar-refractivity contribution in [1.82, 2.24) is 0 Å². The molecule has 0 aliphatic rings. The highest BCUT2D eigenvalue weighted by atomic mass is 16.6. The normalized spacial score (nSPS) is 12.0. The fraction of sp³-hybridized carbons (Fsp3) is 0.588. The summed E-state index contributed by atoms with van der Waals surface area (Å²) >= 11 is 0. The van der Waals surface area contributed by atoms with Crippen molar-refractivity contribution < 1.29 is 29.8 Å². The van der Waals surface area contributed by atoms with E-state index in [9.17, 15) is 4.79 Å². The summed E-state index contributed by atoms with van der Waals surface area (Å²) < 4.78 is 5.07. The minimum Gasteiger partial charge on any atom is -0.444 e. The number of anilines is 1. The second kappa shape index (κ2) is 8.67. The van der Waals surface area contributed by atoms with Crippen molar-refractivity contribution in [3.8, 4) is 0 Å². The second-order valence-corrected chi connectivity index (χ2v) is 7.74. The van der Waals surface area contributed by atoms with E-state index in [1.54, 1.807) is 60.6 Å². The van der Waals surface area contributed by atoms with Gasteiger partial charge in [-0.2, -0.15) is 0 Å². The van der Waals surface area contributed by atoms with Crippen LogP contribution in [0.4, 0.5) is 10.5 Å². The molecule has 0 spiro atoms. The second-order valence-electron chi connectivity index (χ2n) is 7.74. The van der Waals surface area contributed by atoms with E-state index in [1.807, 2.05) is 0 Å². The van der Waals surface area contributed by atoms with Gasteiger partial charge in [0, 0.05) is 5.69 Å². The number of hydrogen-bond donors (Lipinski definition) is 5. The number of amides is 1. The smallest absolute Gasteiger partial charge is 0.444 e. The van der Waals surface area contributed by atoms with Crippen molar-refractivity contribution in [2.24, 2.45) is 0 Å². The Kier molecular flexibility index (Phi) is 8.11. The summed E-state index contributed by atoms with van der Waals surface area (Å²) in [5.41, 5.74) is -1.67. The number of ether oxygens (including phenoxy) is 1. The minimum absolute atomic E-state index is 0.361. The first-order valence-corrected chi connectivity index (χ1v) is 7.94. The summed E-state index contributed by atoms with van der Waals surface area (Å²) in [6, 6.07) is 6.16. The number of carbonyl (C=O) groups excluding carboxylic acids is 1. The molecule has 1 rings (SSSR count). The number of nitrogens with one attached hydrogen (secondary N) is 1. The van der Waals surface area contributed by atoms with E-state index in [0.29, 0.717) is 11.2 Å². The number of rotatable bonds is 3. The number of aliphatic hydroxyl groups is 2. The van der Waals surface area contributed by atoms with Crippen LogP contribution in [0.2, 0.25) is 0 Å². The summed E-state index contributed by atoms with van der Waals surface area (Å²) in [5, 5.41) is 38.5. The maximum absolute atomic E-state index is 11.4. The van der Waals surface area contributed by atoms with Gasteiger partial charge in [-0.3, -0.25) is 5.32 Å². The van der Waals surface area contributed by atoms with Gasteiger partial charge >= 0.3 is 13.2 Å². The lowest BCUT2D eigenvalue weighted by atomic mass is 9.80. The van der Waals surface area contributed by atoms with E-state index in [-0.39, 0.29) is 0 Å². The van der Waals surface area contributed by atoms with Crippen LogP contribution in [0.5, 0.6) is 0 Å². The zero-order chi connectivity index (χ0) is 20.1. The van der Waals surface area contributed by atoms with Gasteiger partial charge in [-0.1, -0.05) is 12.1 Å². The highest BCUT2D eigenvalue weighted by Gasteiger charge is 2.31. The molecule has 0 atom stereocenters. The lowest BCUT2D eigenvalue weighted by molar-refractivity contribution is -0.107. The molecular formula is C17H30BNO6. The van der Waals surface area contributed by atoms with E-state index >= 15 is 0 Å². The van der Waals surface area contributed by atoms with E-state index in [1.165, 1.54) is 12.1 Å². The van der Waals surface area contributed by atoms with Gasteiger partial charge in [-0.25, -0.2) is 4.79 Å². The molecule has 0 heterocycles. The largest absolute Gasteiger partial charge is 0.488 e. The zero-order valence-electron chi connectivity index (χ0n) is 16.0. The highest BCUT2D eigenvalue weighted by molar-refractivity contribution is 6.58. The Morgan fingerprint density at radius 1 is 0.920 bits per heavy atom. The van der Waals surface area contributed by atoms with Crippen LogP contribution in [0.3, 0.4) is 0 Å². The Morgan fingerprint density at radius 2 is 1.32 bits per heavy atom. The standard InChI is InChI=1S/C11H16BNO4.C6H14O2/c1-11(2,3)17-10(14)13-9-6-4-8(5-7-9)12(15)16;1-5(2,7)6(3,4)8/h4-7,15-16H,1-3H3,(H,13,14);7-8H,1-4H3. The molecule has 8 heteroatoms. The molecule has 0 unspecified atom stereocenters. The average Bonchev–Trinajstić information content (AvgIpc) is 2.35.